The first-order chi connectivity index (χ1) is 19.6. The molecule has 7 nitrogen and oxygen atoms in total. The van der Waals surface area contributed by atoms with Crippen molar-refractivity contribution in [3.05, 3.63) is 88.2 Å². The molecule has 0 spiro atoms. The Kier molecular flexibility index (Phi) is 8.38. The van der Waals surface area contributed by atoms with E-state index >= 15 is 0 Å². The molecule has 0 saturated heterocycles. The van der Waals surface area contributed by atoms with Gasteiger partial charge in [0.05, 0.1) is 11.1 Å². The summed E-state index contributed by atoms with van der Waals surface area (Å²) in [6, 6.07) is 10.2. The van der Waals surface area contributed by atoms with Gasteiger partial charge >= 0.3 is 6.18 Å². The Balaban J connectivity index is 1.64. The summed E-state index contributed by atoms with van der Waals surface area (Å²) in [5.41, 5.74) is -1.44. The van der Waals surface area contributed by atoms with E-state index in [9.17, 15) is 36.3 Å². The van der Waals surface area contributed by atoms with Crippen molar-refractivity contribution < 1.29 is 36.3 Å². The van der Waals surface area contributed by atoms with E-state index in [0.29, 0.717) is 11.1 Å². The Hall–Kier alpha value is -4.35. The highest BCUT2D eigenvalue weighted by Crippen LogP contribution is 2.39. The number of hydrogen-bond acceptors (Lipinski definition) is 4. The van der Waals surface area contributed by atoms with Crippen LogP contribution in [0, 0.1) is 5.92 Å². The summed E-state index contributed by atoms with van der Waals surface area (Å²) in [7, 11) is 0. The standard InChI is InChI=1S/C30H29F5N4O3/c1-16(2)26(40)37-14-17-10-22(24(25(31)32)36-13-17)27(41)38-19-8-9-23-21(12-19)28(42)39(15-29(23,3)4)20-7-5-6-18(11-20)30(33,34)35/h5-13,16,25H,14-15H2,1-4H3,(H,37,40)(H,38,41). The largest absolute Gasteiger partial charge is 0.416 e. The molecule has 0 unspecified atom stereocenters. The zero-order chi connectivity index (χ0) is 31.0. The van der Waals surface area contributed by atoms with Crippen molar-refractivity contribution in [2.45, 2.75) is 52.3 Å². The third-order valence-electron chi connectivity index (χ3n) is 6.94. The molecule has 2 N–H and O–H groups in total. The average Bonchev–Trinajstić information content (AvgIpc) is 2.92. The fourth-order valence-electron chi connectivity index (χ4n) is 4.71. The van der Waals surface area contributed by atoms with E-state index in [1.165, 1.54) is 35.2 Å². The van der Waals surface area contributed by atoms with Gasteiger partial charge in [-0.05, 0) is 47.5 Å². The van der Waals surface area contributed by atoms with Crippen LogP contribution in [-0.2, 0) is 22.9 Å². The van der Waals surface area contributed by atoms with Crippen LogP contribution in [0.1, 0.15) is 77.2 Å². The number of benzene rings is 2. The number of carbonyl (C=O) groups excluding carboxylic acids is 3. The molecule has 0 radical (unpaired) electrons. The SMILES string of the molecule is CC(C)C(=O)NCc1cnc(C(F)F)c(C(=O)Nc2ccc3c(c2)C(=O)N(c2cccc(C(F)(F)F)c2)CC3(C)C)c1. The lowest BCUT2D eigenvalue weighted by atomic mass is 9.77. The number of carbonyl (C=O) groups is 3. The minimum absolute atomic E-state index is 0.0262. The van der Waals surface area contributed by atoms with Crippen LogP contribution >= 0.6 is 0 Å². The molecule has 42 heavy (non-hydrogen) atoms. The van der Waals surface area contributed by atoms with Gasteiger partial charge in [-0.3, -0.25) is 19.4 Å². The van der Waals surface area contributed by atoms with Gasteiger partial charge in [0, 0.05) is 47.6 Å². The molecule has 1 aliphatic heterocycles. The molecule has 3 aromatic rings. The Morgan fingerprint density at radius 1 is 1.07 bits per heavy atom. The predicted octanol–water partition coefficient (Wildman–Crippen LogP) is 6.50. The minimum Gasteiger partial charge on any atom is -0.352 e. The zero-order valence-electron chi connectivity index (χ0n) is 23.3. The Morgan fingerprint density at radius 2 is 1.79 bits per heavy atom. The van der Waals surface area contributed by atoms with Crippen LogP contribution in [0.25, 0.3) is 0 Å². The lowest BCUT2D eigenvalue weighted by Gasteiger charge is -2.39. The van der Waals surface area contributed by atoms with Crippen molar-refractivity contribution in [1.29, 1.82) is 0 Å². The summed E-state index contributed by atoms with van der Waals surface area (Å²) in [6.07, 6.45) is -6.50. The van der Waals surface area contributed by atoms with Crippen LogP contribution in [0.2, 0.25) is 0 Å². The molecule has 0 saturated carbocycles. The second kappa shape index (κ2) is 11.5. The van der Waals surface area contributed by atoms with Crippen LogP contribution in [0.15, 0.2) is 54.7 Å². The summed E-state index contributed by atoms with van der Waals surface area (Å²) < 4.78 is 67.4. The molecule has 2 aromatic carbocycles. The second-order valence-electron chi connectivity index (χ2n) is 11.0. The second-order valence-corrected chi connectivity index (χ2v) is 11.0. The van der Waals surface area contributed by atoms with Crippen molar-refractivity contribution in [1.82, 2.24) is 10.3 Å². The molecule has 0 fully saturated rings. The van der Waals surface area contributed by atoms with Crippen LogP contribution in [-0.4, -0.2) is 29.3 Å². The summed E-state index contributed by atoms with van der Waals surface area (Å²) in [6.45, 7) is 7.13. The van der Waals surface area contributed by atoms with E-state index in [0.717, 1.165) is 18.3 Å². The quantitative estimate of drug-likeness (QED) is 0.308. The molecular weight excluding hydrogens is 559 g/mol. The first-order valence-corrected chi connectivity index (χ1v) is 13.1. The third kappa shape index (κ3) is 6.42. The highest BCUT2D eigenvalue weighted by atomic mass is 19.4. The van der Waals surface area contributed by atoms with E-state index in [4.69, 9.17) is 0 Å². The molecule has 1 aliphatic rings. The van der Waals surface area contributed by atoms with Crippen LogP contribution in [0.4, 0.5) is 33.3 Å². The van der Waals surface area contributed by atoms with Crippen molar-refractivity contribution in [3.8, 4) is 0 Å². The van der Waals surface area contributed by atoms with Crippen molar-refractivity contribution in [2.75, 3.05) is 16.8 Å². The van der Waals surface area contributed by atoms with Crippen LogP contribution in [0.5, 0.6) is 0 Å². The number of aromatic nitrogens is 1. The Morgan fingerprint density at radius 3 is 2.43 bits per heavy atom. The number of pyridine rings is 1. The molecular formula is C30H29F5N4O3. The third-order valence-corrected chi connectivity index (χ3v) is 6.94. The van der Waals surface area contributed by atoms with E-state index in [-0.39, 0.29) is 41.9 Å². The topological polar surface area (TPSA) is 91.4 Å². The van der Waals surface area contributed by atoms with E-state index in [2.05, 4.69) is 15.6 Å². The first kappa shape index (κ1) is 30.6. The highest BCUT2D eigenvalue weighted by molar-refractivity contribution is 6.10. The lowest BCUT2D eigenvalue weighted by molar-refractivity contribution is -0.137. The van der Waals surface area contributed by atoms with Crippen LogP contribution in [0.3, 0.4) is 0 Å². The maximum atomic E-state index is 13.7. The van der Waals surface area contributed by atoms with Gasteiger partial charge < -0.3 is 15.5 Å². The molecule has 2 heterocycles. The number of hydrogen-bond donors (Lipinski definition) is 2. The molecule has 0 aliphatic carbocycles. The number of nitrogens with one attached hydrogen (secondary N) is 2. The fourth-order valence-corrected chi connectivity index (χ4v) is 4.71. The molecule has 3 amide bonds. The van der Waals surface area contributed by atoms with Gasteiger partial charge in [-0.15, -0.1) is 0 Å². The van der Waals surface area contributed by atoms with Crippen LogP contribution < -0.4 is 15.5 Å². The molecule has 4 rings (SSSR count). The minimum atomic E-state index is -4.59. The zero-order valence-corrected chi connectivity index (χ0v) is 23.3. The number of amides is 3. The molecule has 0 bridgehead atoms. The van der Waals surface area contributed by atoms with E-state index < -0.39 is 46.7 Å². The van der Waals surface area contributed by atoms with Gasteiger partial charge in [-0.25, -0.2) is 8.78 Å². The monoisotopic (exact) mass is 588 g/mol. The van der Waals surface area contributed by atoms with E-state index in [1.807, 2.05) is 13.8 Å². The number of anilines is 2. The summed E-state index contributed by atoms with van der Waals surface area (Å²) in [4.78, 5) is 43.6. The molecule has 1 aromatic heterocycles. The lowest BCUT2D eigenvalue weighted by Crippen LogP contribution is -2.47. The molecule has 222 valence electrons. The Bertz CT molecular complexity index is 1540. The highest BCUT2D eigenvalue weighted by Gasteiger charge is 2.38. The summed E-state index contributed by atoms with van der Waals surface area (Å²) >= 11 is 0. The average molecular weight is 589 g/mol. The van der Waals surface area contributed by atoms with Gasteiger partial charge in [-0.1, -0.05) is 39.8 Å². The summed E-state index contributed by atoms with van der Waals surface area (Å²) in [5.74, 6) is -2.05. The smallest absolute Gasteiger partial charge is 0.352 e. The normalized spacial score (nSPS) is 14.6. The number of fused-ring (bicyclic) bond motifs is 1. The molecule has 0 atom stereocenters. The van der Waals surface area contributed by atoms with Gasteiger partial charge in [0.2, 0.25) is 5.91 Å². The van der Waals surface area contributed by atoms with Gasteiger partial charge in [0.1, 0.15) is 5.69 Å². The van der Waals surface area contributed by atoms with Gasteiger partial charge in [0.25, 0.3) is 18.2 Å². The predicted molar refractivity (Wildman–Crippen MR) is 146 cm³/mol. The van der Waals surface area contributed by atoms with Gasteiger partial charge in [-0.2, -0.15) is 13.2 Å². The van der Waals surface area contributed by atoms with Crippen molar-refractivity contribution in [3.63, 3.8) is 0 Å². The van der Waals surface area contributed by atoms with Gasteiger partial charge in [0.15, 0.2) is 0 Å². The van der Waals surface area contributed by atoms with E-state index in [1.54, 1.807) is 19.9 Å². The number of nitrogens with zero attached hydrogens (tertiary/aromatic N) is 2. The number of alkyl halides is 5. The first-order valence-electron chi connectivity index (χ1n) is 13.1. The fraction of sp³-hybridized carbons (Fsp3) is 0.333. The maximum absolute atomic E-state index is 13.7. The van der Waals surface area contributed by atoms with Crippen molar-refractivity contribution >= 4 is 29.1 Å². The maximum Gasteiger partial charge on any atom is 0.416 e. The number of rotatable bonds is 7. The van der Waals surface area contributed by atoms with Crippen molar-refractivity contribution in [2.24, 2.45) is 5.92 Å². The number of halogens is 5. The molecule has 12 heteroatoms. The Labute approximate surface area is 239 Å². The summed E-state index contributed by atoms with van der Waals surface area (Å²) in [5, 5.41) is 5.16.